The molecule has 0 aromatic rings. The number of aliphatic hydroxyl groups is 1. The minimum atomic E-state index is -4.12. The van der Waals surface area contributed by atoms with Gasteiger partial charge in [0.1, 0.15) is 0 Å². The zero-order valence-electron chi connectivity index (χ0n) is 7.68. The van der Waals surface area contributed by atoms with Crippen molar-refractivity contribution in [1.29, 1.82) is 0 Å². The van der Waals surface area contributed by atoms with Gasteiger partial charge in [-0.2, -0.15) is 8.78 Å². The molecule has 1 N–H and O–H groups in total. The summed E-state index contributed by atoms with van der Waals surface area (Å²) < 4.78 is 36.4. The summed E-state index contributed by atoms with van der Waals surface area (Å²) in [6.45, 7) is 3.04. The van der Waals surface area contributed by atoms with E-state index < -0.39 is 12.8 Å². The van der Waals surface area contributed by atoms with Crippen molar-refractivity contribution in [3.05, 3.63) is 0 Å². The second-order valence-corrected chi connectivity index (χ2v) is 2.46. The molecule has 0 unspecified atom stereocenters. The fourth-order valence-electron chi connectivity index (χ4n) is 0.332. The average molecular weight is 202 g/mol. The Labute approximate surface area is 74.5 Å². The Morgan fingerprint density at radius 2 is 1.85 bits per heavy atom. The molecule has 0 radical (unpaired) electrons. The van der Waals surface area contributed by atoms with Gasteiger partial charge in [0.2, 0.25) is 0 Å². The second-order valence-electron chi connectivity index (χ2n) is 2.46. The van der Waals surface area contributed by atoms with Gasteiger partial charge in [0.25, 0.3) is 0 Å². The zero-order valence-corrected chi connectivity index (χ0v) is 7.68. The number of hydrogen-bond acceptors (Lipinski definition) is 3. The summed E-state index contributed by atoms with van der Waals surface area (Å²) in [7, 11) is 0. The fourth-order valence-corrected chi connectivity index (χ4v) is 0.332. The third kappa shape index (κ3) is 24.7. The van der Waals surface area contributed by atoms with Gasteiger partial charge in [-0.05, 0) is 13.8 Å². The number of alkyl halides is 3. The van der Waals surface area contributed by atoms with Crippen LogP contribution in [0.25, 0.3) is 0 Å². The van der Waals surface area contributed by atoms with E-state index in [0.717, 1.165) is 0 Å². The molecule has 0 heterocycles. The highest BCUT2D eigenvalue weighted by atomic mass is 19.3. The molecular weight excluding hydrogens is 189 g/mol. The van der Waals surface area contributed by atoms with Crippen LogP contribution in [0.15, 0.2) is 0 Å². The summed E-state index contributed by atoms with van der Waals surface area (Å²) >= 11 is 0. The molecule has 0 aromatic heterocycles. The molecule has 13 heavy (non-hydrogen) atoms. The minimum absolute atomic E-state index is 0.0255. The zero-order chi connectivity index (χ0) is 11.1. The summed E-state index contributed by atoms with van der Waals surface area (Å²) in [5.41, 5.74) is 0. The number of hydrogen-bond donors (Lipinski definition) is 1. The van der Waals surface area contributed by atoms with E-state index in [-0.39, 0.29) is 12.1 Å². The molecule has 0 fully saturated rings. The van der Waals surface area contributed by atoms with Crippen LogP contribution in [-0.2, 0) is 9.53 Å². The Bertz CT molecular complexity index is 142. The third-order valence-electron chi connectivity index (χ3n) is 0.562. The first kappa shape index (κ1) is 14.7. The molecule has 0 aliphatic carbocycles. The van der Waals surface area contributed by atoms with Crippen LogP contribution in [0.5, 0.6) is 0 Å². The molecular formula is C7H13F3O3. The molecule has 6 heteroatoms. The van der Waals surface area contributed by atoms with Gasteiger partial charge in [-0.25, -0.2) is 4.39 Å². The lowest BCUT2D eigenvalue weighted by Gasteiger charge is -2.01. The Kier molecular flexibility index (Phi) is 7.60. The summed E-state index contributed by atoms with van der Waals surface area (Å²) in [5.74, 6) is -0.213. The molecule has 0 aliphatic rings. The van der Waals surface area contributed by atoms with E-state index in [1.165, 1.54) is 6.92 Å². The minimum Gasteiger partial charge on any atom is -0.463 e. The van der Waals surface area contributed by atoms with Gasteiger partial charge in [-0.1, -0.05) is 0 Å². The van der Waals surface area contributed by atoms with Crippen molar-refractivity contribution in [3.63, 3.8) is 0 Å². The van der Waals surface area contributed by atoms with Crippen molar-refractivity contribution in [1.82, 2.24) is 0 Å². The van der Waals surface area contributed by atoms with Crippen molar-refractivity contribution in [2.75, 3.05) is 6.67 Å². The molecule has 0 atom stereocenters. The monoisotopic (exact) mass is 202 g/mol. The lowest BCUT2D eigenvalue weighted by atomic mass is 10.5. The summed E-state index contributed by atoms with van der Waals surface area (Å²) in [4.78, 5) is 10.0. The van der Waals surface area contributed by atoms with Gasteiger partial charge in [-0.3, -0.25) is 4.79 Å². The second kappa shape index (κ2) is 6.71. The van der Waals surface area contributed by atoms with Crippen LogP contribution in [0.4, 0.5) is 13.2 Å². The molecule has 0 aliphatic heterocycles. The Balaban J connectivity index is 0. The number of esters is 1. The van der Waals surface area contributed by atoms with Crippen LogP contribution >= 0.6 is 0 Å². The Morgan fingerprint density at radius 1 is 1.54 bits per heavy atom. The lowest BCUT2D eigenvalue weighted by Crippen LogP contribution is -2.15. The summed E-state index contributed by atoms with van der Waals surface area (Å²) in [6.07, 6.45) is -4.10. The third-order valence-corrected chi connectivity index (χ3v) is 0.562. The molecule has 0 bridgehead atoms. The van der Waals surface area contributed by atoms with E-state index >= 15 is 0 Å². The van der Waals surface area contributed by atoms with E-state index in [4.69, 9.17) is 5.11 Å². The number of carbonyl (C=O) groups is 1. The quantitative estimate of drug-likeness (QED) is 0.690. The van der Waals surface area contributed by atoms with Crippen molar-refractivity contribution in [2.24, 2.45) is 0 Å². The van der Waals surface area contributed by atoms with Gasteiger partial charge in [0.05, 0.1) is 6.10 Å². The fraction of sp³-hybridized carbons (Fsp3) is 0.857. The topological polar surface area (TPSA) is 46.5 Å². The van der Waals surface area contributed by atoms with Crippen molar-refractivity contribution < 1.29 is 27.8 Å². The molecule has 0 amide bonds. The SMILES string of the molecule is CC(=O)OC(C)C.OC(F)(F)CF. The number of carbonyl (C=O) groups excluding carboxylic acids is 1. The first-order valence-corrected chi connectivity index (χ1v) is 3.52. The van der Waals surface area contributed by atoms with Gasteiger partial charge in [0.15, 0.2) is 6.67 Å². The highest BCUT2D eigenvalue weighted by Gasteiger charge is 2.22. The highest BCUT2D eigenvalue weighted by molar-refractivity contribution is 5.66. The molecule has 0 spiro atoms. The van der Waals surface area contributed by atoms with E-state index in [1.54, 1.807) is 0 Å². The van der Waals surface area contributed by atoms with E-state index in [0.29, 0.717) is 0 Å². The van der Waals surface area contributed by atoms with Crippen LogP contribution in [-0.4, -0.2) is 30.0 Å². The van der Waals surface area contributed by atoms with Crippen LogP contribution < -0.4 is 0 Å². The molecule has 0 saturated heterocycles. The molecule has 3 nitrogen and oxygen atoms in total. The van der Waals surface area contributed by atoms with E-state index in [1.807, 2.05) is 13.8 Å². The first-order valence-electron chi connectivity index (χ1n) is 3.52. The van der Waals surface area contributed by atoms with Gasteiger partial charge < -0.3 is 9.84 Å². The largest absolute Gasteiger partial charge is 0.463 e. The van der Waals surface area contributed by atoms with Crippen LogP contribution in [0.1, 0.15) is 20.8 Å². The number of ether oxygens (including phenoxy) is 1. The lowest BCUT2D eigenvalue weighted by molar-refractivity contribution is -0.208. The highest BCUT2D eigenvalue weighted by Crippen LogP contribution is 2.06. The maximum atomic E-state index is 10.6. The van der Waals surface area contributed by atoms with E-state index in [9.17, 15) is 18.0 Å². The molecule has 0 saturated carbocycles. The standard InChI is InChI=1S/C5H10O2.C2H3F3O/c1-4(2)7-5(3)6;3-1-2(4,5)6/h4H,1-3H3;6H,1H2. The van der Waals surface area contributed by atoms with Crippen molar-refractivity contribution in [3.8, 4) is 0 Å². The molecule has 0 aromatic carbocycles. The number of halogens is 3. The van der Waals surface area contributed by atoms with Crippen molar-refractivity contribution >= 4 is 5.97 Å². The maximum Gasteiger partial charge on any atom is 0.381 e. The maximum absolute atomic E-state index is 10.6. The van der Waals surface area contributed by atoms with Gasteiger partial charge >= 0.3 is 12.1 Å². The van der Waals surface area contributed by atoms with Crippen molar-refractivity contribution in [2.45, 2.75) is 33.0 Å². The van der Waals surface area contributed by atoms with Crippen LogP contribution in [0, 0.1) is 0 Å². The number of rotatable bonds is 2. The molecule has 0 rings (SSSR count). The summed E-state index contributed by atoms with van der Waals surface area (Å²) in [5, 5.41) is 7.12. The summed E-state index contributed by atoms with van der Waals surface area (Å²) in [6, 6.07) is 0. The molecule has 80 valence electrons. The Morgan fingerprint density at radius 3 is 1.85 bits per heavy atom. The predicted octanol–water partition coefficient (Wildman–Crippen LogP) is 1.50. The van der Waals surface area contributed by atoms with Gasteiger partial charge in [0, 0.05) is 6.92 Å². The van der Waals surface area contributed by atoms with Gasteiger partial charge in [-0.15, -0.1) is 0 Å². The normalized spacial score (nSPS) is 10.5. The first-order chi connectivity index (χ1) is 5.69. The Hall–Kier alpha value is -0.780. The smallest absolute Gasteiger partial charge is 0.381 e. The predicted molar refractivity (Wildman–Crippen MR) is 40.0 cm³/mol. The average Bonchev–Trinajstić information content (AvgIpc) is 1.84. The van der Waals surface area contributed by atoms with E-state index in [2.05, 4.69) is 4.74 Å². The van der Waals surface area contributed by atoms with Crippen LogP contribution in [0.3, 0.4) is 0 Å². The van der Waals surface area contributed by atoms with Crippen LogP contribution in [0.2, 0.25) is 0 Å².